The summed E-state index contributed by atoms with van der Waals surface area (Å²) in [6.45, 7) is 5.81. The lowest BCUT2D eigenvalue weighted by Crippen LogP contribution is -2.43. The second-order valence-electron chi connectivity index (χ2n) is 7.85. The van der Waals surface area contributed by atoms with E-state index in [1.54, 1.807) is 43.3 Å². The molecule has 1 aliphatic carbocycles. The highest BCUT2D eigenvalue weighted by atomic mass is 32.2. The SMILES string of the molecule is CCO[C@@H]1OC(=O)[C@@]2(S(=O)c3ccc(C)cc3)CC(S(=O)(=O)c3ccc(C)cc3)=C[C@@H]12. The average Bonchev–Trinajstić information content (AvgIpc) is 3.26. The summed E-state index contributed by atoms with van der Waals surface area (Å²) in [5.74, 6) is -1.46. The van der Waals surface area contributed by atoms with E-state index in [2.05, 4.69) is 0 Å². The number of hydrogen-bond donors (Lipinski definition) is 0. The number of carbonyl (C=O) groups excluding carboxylic acids is 1. The summed E-state index contributed by atoms with van der Waals surface area (Å²) in [5.41, 5.74) is 1.93. The Kier molecular flexibility index (Phi) is 5.66. The van der Waals surface area contributed by atoms with Gasteiger partial charge in [0.1, 0.15) is 0 Å². The molecular formula is C23H24O6S2. The Bertz CT molecular complexity index is 1170. The van der Waals surface area contributed by atoms with E-state index in [0.717, 1.165) is 11.1 Å². The van der Waals surface area contributed by atoms with E-state index in [9.17, 15) is 17.4 Å². The van der Waals surface area contributed by atoms with Crippen LogP contribution in [0.1, 0.15) is 24.5 Å². The van der Waals surface area contributed by atoms with Crippen molar-refractivity contribution in [3.05, 3.63) is 70.6 Å². The van der Waals surface area contributed by atoms with Crippen molar-refractivity contribution in [2.75, 3.05) is 6.61 Å². The minimum atomic E-state index is -3.86. The Morgan fingerprint density at radius 3 is 2.23 bits per heavy atom. The number of aryl methyl sites for hydroxylation is 2. The van der Waals surface area contributed by atoms with Gasteiger partial charge in [0, 0.05) is 22.8 Å². The third kappa shape index (κ3) is 3.56. The molecule has 8 heteroatoms. The Hall–Kier alpha value is -2.29. The van der Waals surface area contributed by atoms with Crippen molar-refractivity contribution in [2.45, 2.75) is 48.0 Å². The van der Waals surface area contributed by atoms with Crippen molar-refractivity contribution in [1.29, 1.82) is 0 Å². The number of ether oxygens (including phenoxy) is 2. The van der Waals surface area contributed by atoms with Gasteiger partial charge in [-0.1, -0.05) is 41.5 Å². The van der Waals surface area contributed by atoms with Gasteiger partial charge in [-0.25, -0.2) is 8.42 Å². The van der Waals surface area contributed by atoms with Crippen molar-refractivity contribution < 1.29 is 26.9 Å². The maximum atomic E-state index is 13.7. The smallest absolute Gasteiger partial charge is 0.328 e. The Balaban J connectivity index is 1.79. The zero-order valence-corrected chi connectivity index (χ0v) is 19.2. The molecule has 0 radical (unpaired) electrons. The van der Waals surface area contributed by atoms with Gasteiger partial charge in [-0.15, -0.1) is 0 Å². The quantitative estimate of drug-likeness (QED) is 0.614. The molecule has 4 atom stereocenters. The van der Waals surface area contributed by atoms with Gasteiger partial charge in [0.25, 0.3) is 0 Å². The van der Waals surface area contributed by atoms with Gasteiger partial charge in [-0.05, 0) is 45.0 Å². The molecule has 1 heterocycles. The molecule has 2 aromatic rings. The molecule has 1 fully saturated rings. The molecule has 164 valence electrons. The predicted molar refractivity (Wildman–Crippen MR) is 116 cm³/mol. The Labute approximate surface area is 184 Å². The van der Waals surface area contributed by atoms with Gasteiger partial charge in [0.2, 0.25) is 16.1 Å². The lowest BCUT2D eigenvalue weighted by atomic mass is 9.97. The Morgan fingerprint density at radius 1 is 1.06 bits per heavy atom. The maximum absolute atomic E-state index is 13.7. The summed E-state index contributed by atoms with van der Waals surface area (Å²) < 4.78 is 49.8. The summed E-state index contributed by atoms with van der Waals surface area (Å²) in [7, 11) is -5.69. The third-order valence-electron chi connectivity index (χ3n) is 5.78. The zero-order chi connectivity index (χ0) is 22.4. The molecule has 0 saturated carbocycles. The molecule has 0 N–H and O–H groups in total. The largest absolute Gasteiger partial charge is 0.434 e. The summed E-state index contributed by atoms with van der Waals surface area (Å²) in [6.07, 6.45) is 0.334. The standard InChI is InChI=1S/C23H24O6S2/c1-4-28-21-20-13-19(31(26,27)18-11-7-16(3)8-12-18)14-23(20,22(24)29-21)30(25)17-9-5-15(2)6-10-17/h5-13,20-21H,4,14H2,1-3H3/t20-,21+,23+,30?/m0/s1. The third-order valence-corrected chi connectivity index (χ3v) is 9.58. The highest BCUT2D eigenvalue weighted by Crippen LogP contribution is 2.51. The highest BCUT2D eigenvalue weighted by Gasteiger charge is 2.65. The summed E-state index contributed by atoms with van der Waals surface area (Å²) in [4.78, 5) is 13.7. The van der Waals surface area contributed by atoms with Crippen molar-refractivity contribution in [3.8, 4) is 0 Å². The molecule has 1 aliphatic heterocycles. The van der Waals surface area contributed by atoms with Crippen LogP contribution in [0.3, 0.4) is 0 Å². The lowest BCUT2D eigenvalue weighted by Gasteiger charge is -2.25. The molecule has 0 aromatic heterocycles. The first-order valence-electron chi connectivity index (χ1n) is 10.0. The van der Waals surface area contributed by atoms with Crippen LogP contribution in [0.5, 0.6) is 0 Å². The molecule has 1 saturated heterocycles. The first-order chi connectivity index (χ1) is 14.7. The molecule has 4 rings (SSSR count). The molecule has 2 aliphatic rings. The van der Waals surface area contributed by atoms with Crippen LogP contribution < -0.4 is 0 Å². The number of sulfone groups is 1. The summed E-state index contributed by atoms with van der Waals surface area (Å²) in [6, 6.07) is 13.6. The predicted octanol–water partition coefficient (Wildman–Crippen LogP) is 3.45. The molecule has 31 heavy (non-hydrogen) atoms. The number of rotatable bonds is 6. The minimum Gasteiger partial charge on any atom is -0.434 e. The van der Waals surface area contributed by atoms with Crippen LogP contribution in [0.2, 0.25) is 0 Å². The fourth-order valence-corrected chi connectivity index (χ4v) is 7.40. The van der Waals surface area contributed by atoms with Crippen LogP contribution in [-0.4, -0.2) is 36.2 Å². The molecule has 0 bridgehead atoms. The summed E-state index contributed by atoms with van der Waals surface area (Å²) in [5, 5.41) is 0. The van der Waals surface area contributed by atoms with E-state index < -0.39 is 43.6 Å². The average molecular weight is 461 g/mol. The lowest BCUT2D eigenvalue weighted by molar-refractivity contribution is -0.164. The zero-order valence-electron chi connectivity index (χ0n) is 17.5. The molecule has 0 amide bonds. The van der Waals surface area contributed by atoms with E-state index in [4.69, 9.17) is 9.47 Å². The van der Waals surface area contributed by atoms with Crippen LogP contribution >= 0.6 is 0 Å². The topological polar surface area (TPSA) is 86.7 Å². The molecular weight excluding hydrogens is 436 g/mol. The molecule has 0 spiro atoms. The van der Waals surface area contributed by atoms with Gasteiger partial charge in [-0.2, -0.15) is 0 Å². The van der Waals surface area contributed by atoms with Gasteiger partial charge in [0.15, 0.2) is 4.75 Å². The van der Waals surface area contributed by atoms with Gasteiger partial charge in [0.05, 0.1) is 21.6 Å². The fraction of sp³-hybridized carbons (Fsp3) is 0.348. The molecule has 1 unspecified atom stereocenters. The van der Waals surface area contributed by atoms with Crippen LogP contribution in [0.15, 0.2) is 69.3 Å². The monoisotopic (exact) mass is 460 g/mol. The first-order valence-corrected chi connectivity index (χ1v) is 12.7. The number of fused-ring (bicyclic) bond motifs is 1. The number of allylic oxidation sites excluding steroid dienone is 1. The molecule has 2 aromatic carbocycles. The highest BCUT2D eigenvalue weighted by molar-refractivity contribution is 7.95. The Morgan fingerprint density at radius 2 is 1.65 bits per heavy atom. The van der Waals surface area contributed by atoms with Crippen molar-refractivity contribution in [3.63, 3.8) is 0 Å². The van der Waals surface area contributed by atoms with Crippen LogP contribution in [0.25, 0.3) is 0 Å². The van der Waals surface area contributed by atoms with E-state index in [0.29, 0.717) is 4.90 Å². The number of benzene rings is 2. The van der Waals surface area contributed by atoms with Crippen LogP contribution in [0, 0.1) is 19.8 Å². The number of esters is 1. The van der Waals surface area contributed by atoms with Crippen LogP contribution in [0.4, 0.5) is 0 Å². The summed E-state index contributed by atoms with van der Waals surface area (Å²) >= 11 is 0. The second-order valence-corrected chi connectivity index (χ2v) is 11.6. The van der Waals surface area contributed by atoms with Gasteiger partial charge in [-0.3, -0.25) is 9.00 Å². The maximum Gasteiger partial charge on any atom is 0.328 e. The number of carbonyl (C=O) groups is 1. The van der Waals surface area contributed by atoms with E-state index in [1.807, 2.05) is 26.0 Å². The first kappa shape index (κ1) is 21.9. The second kappa shape index (κ2) is 8.00. The van der Waals surface area contributed by atoms with Crippen LogP contribution in [-0.2, 0) is 34.9 Å². The van der Waals surface area contributed by atoms with Crippen molar-refractivity contribution in [1.82, 2.24) is 0 Å². The molecule has 6 nitrogen and oxygen atoms in total. The van der Waals surface area contributed by atoms with Gasteiger partial charge >= 0.3 is 5.97 Å². The minimum absolute atomic E-state index is 0.0724. The fourth-order valence-electron chi connectivity index (χ4n) is 4.05. The van der Waals surface area contributed by atoms with E-state index in [-0.39, 0.29) is 22.8 Å². The number of cyclic esters (lactones) is 1. The van der Waals surface area contributed by atoms with Crippen molar-refractivity contribution in [2.24, 2.45) is 5.92 Å². The van der Waals surface area contributed by atoms with E-state index >= 15 is 0 Å². The number of hydrogen-bond acceptors (Lipinski definition) is 6. The van der Waals surface area contributed by atoms with Gasteiger partial charge < -0.3 is 9.47 Å². The van der Waals surface area contributed by atoms with E-state index in [1.165, 1.54) is 6.08 Å². The normalized spacial score (nSPS) is 26.3. The van der Waals surface area contributed by atoms with Crippen molar-refractivity contribution >= 4 is 26.6 Å².